The van der Waals surface area contributed by atoms with E-state index in [9.17, 15) is 4.79 Å². The van der Waals surface area contributed by atoms with Crippen LogP contribution in [0.2, 0.25) is 0 Å². The van der Waals surface area contributed by atoms with E-state index in [-0.39, 0.29) is 11.9 Å². The Morgan fingerprint density at radius 2 is 2.18 bits per heavy atom. The number of rotatable bonds is 6. The van der Waals surface area contributed by atoms with Crippen molar-refractivity contribution in [1.82, 2.24) is 10.3 Å². The van der Waals surface area contributed by atoms with E-state index in [0.717, 1.165) is 28.6 Å². The maximum atomic E-state index is 12.4. The summed E-state index contributed by atoms with van der Waals surface area (Å²) in [5.74, 6) is 0.607. The van der Waals surface area contributed by atoms with E-state index < -0.39 is 0 Å². The first-order chi connectivity index (χ1) is 10.6. The van der Waals surface area contributed by atoms with Gasteiger partial charge in [0, 0.05) is 10.7 Å². The third-order valence-corrected chi connectivity index (χ3v) is 3.83. The topological polar surface area (TPSA) is 51.2 Å². The predicted molar refractivity (Wildman–Crippen MR) is 90.0 cm³/mol. The fourth-order valence-corrected chi connectivity index (χ4v) is 2.57. The standard InChI is InChI=1S/C17H19BrN2O2/c1-3-5-15(12-6-4-7-14(10-12)22-2)20-17(21)16-11-13(18)8-9-19-16/h4,6-11,15H,3,5H2,1-2H3,(H,20,21). The van der Waals surface area contributed by atoms with Crippen molar-refractivity contribution in [2.75, 3.05) is 7.11 Å². The minimum Gasteiger partial charge on any atom is -0.497 e. The molecule has 0 radical (unpaired) electrons. The van der Waals surface area contributed by atoms with Gasteiger partial charge in [0.15, 0.2) is 0 Å². The van der Waals surface area contributed by atoms with Gasteiger partial charge < -0.3 is 10.1 Å². The molecule has 116 valence electrons. The molecule has 2 aromatic rings. The molecule has 0 bridgehead atoms. The van der Waals surface area contributed by atoms with Crippen LogP contribution in [0.3, 0.4) is 0 Å². The minimum absolute atomic E-state index is 0.0617. The molecule has 0 aliphatic heterocycles. The highest BCUT2D eigenvalue weighted by Crippen LogP contribution is 2.23. The van der Waals surface area contributed by atoms with Crippen molar-refractivity contribution in [3.63, 3.8) is 0 Å². The van der Waals surface area contributed by atoms with Crippen LogP contribution < -0.4 is 10.1 Å². The number of benzene rings is 1. The lowest BCUT2D eigenvalue weighted by Crippen LogP contribution is -2.29. The molecular weight excluding hydrogens is 344 g/mol. The van der Waals surface area contributed by atoms with Crippen LogP contribution in [0.15, 0.2) is 47.1 Å². The van der Waals surface area contributed by atoms with E-state index >= 15 is 0 Å². The first-order valence-electron chi connectivity index (χ1n) is 7.20. The summed E-state index contributed by atoms with van der Waals surface area (Å²) in [4.78, 5) is 16.5. The molecule has 5 heteroatoms. The summed E-state index contributed by atoms with van der Waals surface area (Å²) in [7, 11) is 1.64. The number of pyridine rings is 1. The SMILES string of the molecule is CCCC(NC(=O)c1cc(Br)ccn1)c1cccc(OC)c1. The lowest BCUT2D eigenvalue weighted by atomic mass is 10.0. The van der Waals surface area contributed by atoms with Crippen LogP contribution in [0.1, 0.15) is 41.9 Å². The van der Waals surface area contributed by atoms with Crippen molar-refractivity contribution >= 4 is 21.8 Å². The Hall–Kier alpha value is -1.88. The average Bonchev–Trinajstić information content (AvgIpc) is 2.54. The van der Waals surface area contributed by atoms with Gasteiger partial charge in [-0.05, 0) is 36.2 Å². The molecule has 1 atom stereocenters. The number of methoxy groups -OCH3 is 1. The maximum Gasteiger partial charge on any atom is 0.270 e. The lowest BCUT2D eigenvalue weighted by molar-refractivity contribution is 0.0929. The smallest absolute Gasteiger partial charge is 0.270 e. The van der Waals surface area contributed by atoms with Gasteiger partial charge >= 0.3 is 0 Å². The van der Waals surface area contributed by atoms with Crippen LogP contribution in [0, 0.1) is 0 Å². The van der Waals surface area contributed by atoms with Crippen LogP contribution in [-0.2, 0) is 0 Å². The monoisotopic (exact) mass is 362 g/mol. The van der Waals surface area contributed by atoms with Crippen LogP contribution in [0.5, 0.6) is 5.75 Å². The minimum atomic E-state index is -0.178. The summed E-state index contributed by atoms with van der Waals surface area (Å²) in [5.41, 5.74) is 1.43. The molecule has 1 N–H and O–H groups in total. The Bertz CT molecular complexity index is 646. The van der Waals surface area contributed by atoms with Gasteiger partial charge in [-0.1, -0.05) is 41.4 Å². The Labute approximate surface area is 139 Å². The molecule has 2 rings (SSSR count). The molecule has 0 fully saturated rings. The number of carbonyl (C=O) groups excluding carboxylic acids is 1. The summed E-state index contributed by atoms with van der Waals surface area (Å²) < 4.78 is 6.09. The van der Waals surface area contributed by atoms with Crippen LogP contribution in [0.25, 0.3) is 0 Å². The molecule has 0 saturated heterocycles. The molecule has 1 amide bonds. The molecule has 4 nitrogen and oxygen atoms in total. The molecule has 1 unspecified atom stereocenters. The number of nitrogens with one attached hydrogen (secondary N) is 1. The summed E-state index contributed by atoms with van der Waals surface area (Å²) in [6, 6.07) is 11.2. The Balaban J connectivity index is 2.19. The van der Waals surface area contributed by atoms with Crippen LogP contribution in [0.4, 0.5) is 0 Å². The number of hydrogen-bond donors (Lipinski definition) is 1. The van der Waals surface area contributed by atoms with Crippen molar-refractivity contribution in [1.29, 1.82) is 0 Å². The number of aromatic nitrogens is 1. The first kappa shape index (κ1) is 16.5. The van der Waals surface area contributed by atoms with Crippen LogP contribution >= 0.6 is 15.9 Å². The third kappa shape index (κ3) is 4.31. The number of carbonyl (C=O) groups is 1. The zero-order valence-corrected chi connectivity index (χ0v) is 14.3. The number of hydrogen-bond acceptors (Lipinski definition) is 3. The Morgan fingerprint density at radius 1 is 1.36 bits per heavy atom. The Kier molecular flexibility index (Phi) is 5.95. The summed E-state index contributed by atoms with van der Waals surface area (Å²) in [6.45, 7) is 2.09. The second-order valence-corrected chi connectivity index (χ2v) is 5.87. The number of amides is 1. The summed E-state index contributed by atoms with van der Waals surface area (Å²) in [5, 5.41) is 3.05. The largest absolute Gasteiger partial charge is 0.497 e. The molecule has 0 spiro atoms. The van der Waals surface area contributed by atoms with Crippen molar-refractivity contribution in [2.45, 2.75) is 25.8 Å². The van der Waals surface area contributed by atoms with E-state index in [4.69, 9.17) is 4.74 Å². The number of halogens is 1. The second kappa shape index (κ2) is 7.94. The van der Waals surface area contributed by atoms with Crippen molar-refractivity contribution in [3.05, 3.63) is 58.3 Å². The first-order valence-corrected chi connectivity index (χ1v) is 7.99. The summed E-state index contributed by atoms with van der Waals surface area (Å²) >= 11 is 3.35. The molecule has 0 aliphatic rings. The van der Waals surface area contributed by atoms with E-state index in [1.807, 2.05) is 24.3 Å². The predicted octanol–water partition coefficient (Wildman–Crippen LogP) is 4.12. The van der Waals surface area contributed by atoms with Crippen molar-refractivity contribution in [2.24, 2.45) is 0 Å². The average molecular weight is 363 g/mol. The summed E-state index contributed by atoms with van der Waals surface area (Å²) in [6.07, 6.45) is 3.43. The van der Waals surface area contributed by atoms with Gasteiger partial charge in [-0.25, -0.2) is 0 Å². The van der Waals surface area contributed by atoms with Gasteiger partial charge in [-0.2, -0.15) is 0 Å². The normalized spacial score (nSPS) is 11.8. The third-order valence-electron chi connectivity index (χ3n) is 3.33. The quantitative estimate of drug-likeness (QED) is 0.840. The van der Waals surface area contributed by atoms with E-state index in [1.165, 1.54) is 0 Å². The fourth-order valence-electron chi connectivity index (χ4n) is 2.23. The van der Waals surface area contributed by atoms with Crippen LogP contribution in [-0.4, -0.2) is 18.0 Å². The Morgan fingerprint density at radius 3 is 2.86 bits per heavy atom. The molecule has 1 heterocycles. The fraction of sp³-hybridized carbons (Fsp3) is 0.294. The van der Waals surface area contributed by atoms with Gasteiger partial charge in [0.05, 0.1) is 13.2 Å². The van der Waals surface area contributed by atoms with E-state index in [1.54, 1.807) is 25.4 Å². The van der Waals surface area contributed by atoms with Crippen molar-refractivity contribution < 1.29 is 9.53 Å². The highest BCUT2D eigenvalue weighted by molar-refractivity contribution is 9.10. The lowest BCUT2D eigenvalue weighted by Gasteiger charge is -2.19. The number of nitrogens with zero attached hydrogens (tertiary/aromatic N) is 1. The van der Waals surface area contributed by atoms with Crippen molar-refractivity contribution in [3.8, 4) is 5.75 Å². The highest BCUT2D eigenvalue weighted by Gasteiger charge is 2.16. The van der Waals surface area contributed by atoms with E-state index in [2.05, 4.69) is 33.2 Å². The van der Waals surface area contributed by atoms with Gasteiger partial charge in [-0.15, -0.1) is 0 Å². The molecule has 1 aromatic carbocycles. The molecular formula is C17H19BrN2O2. The zero-order valence-electron chi connectivity index (χ0n) is 12.7. The number of ether oxygens (including phenoxy) is 1. The molecule has 0 aliphatic carbocycles. The molecule has 0 saturated carbocycles. The van der Waals surface area contributed by atoms with E-state index in [0.29, 0.717) is 5.69 Å². The van der Waals surface area contributed by atoms with Gasteiger partial charge in [0.1, 0.15) is 11.4 Å². The zero-order chi connectivity index (χ0) is 15.9. The highest BCUT2D eigenvalue weighted by atomic mass is 79.9. The molecule has 1 aromatic heterocycles. The van der Waals surface area contributed by atoms with Gasteiger partial charge in [0.2, 0.25) is 0 Å². The van der Waals surface area contributed by atoms with Gasteiger partial charge in [-0.3, -0.25) is 9.78 Å². The van der Waals surface area contributed by atoms with Gasteiger partial charge in [0.25, 0.3) is 5.91 Å². The second-order valence-electron chi connectivity index (χ2n) is 4.95. The maximum absolute atomic E-state index is 12.4. The molecule has 22 heavy (non-hydrogen) atoms.